The van der Waals surface area contributed by atoms with Crippen molar-refractivity contribution in [3.63, 3.8) is 0 Å². The topological polar surface area (TPSA) is 17.1 Å². The van der Waals surface area contributed by atoms with Gasteiger partial charge in [-0.1, -0.05) is 13.3 Å². The monoisotopic (exact) mass is 99.1 g/mol. The highest BCUT2D eigenvalue weighted by Crippen LogP contribution is 1.93. The van der Waals surface area contributed by atoms with E-state index in [9.17, 15) is 4.79 Å². The molecule has 1 nitrogen and oxygen atoms in total. The van der Waals surface area contributed by atoms with Crippen LogP contribution in [0.1, 0.15) is 26.2 Å². The van der Waals surface area contributed by atoms with E-state index in [0.29, 0.717) is 6.42 Å². The Balaban J connectivity index is 2.56. The van der Waals surface area contributed by atoms with Gasteiger partial charge in [-0.2, -0.15) is 0 Å². The van der Waals surface area contributed by atoms with Crippen LogP contribution in [0, 0.1) is 6.42 Å². The maximum absolute atomic E-state index is 9.67. The number of rotatable bonds is 4. The summed E-state index contributed by atoms with van der Waals surface area (Å²) in [5.41, 5.74) is 0. The second-order valence-electron chi connectivity index (χ2n) is 1.51. The fourth-order valence-electron chi connectivity index (χ4n) is 0.405. The molecule has 0 aliphatic carbocycles. The average molecular weight is 99.2 g/mol. The zero-order valence-electron chi connectivity index (χ0n) is 4.68. The lowest BCUT2D eigenvalue weighted by molar-refractivity contribution is -0.107. The Morgan fingerprint density at radius 3 is 2.57 bits per heavy atom. The van der Waals surface area contributed by atoms with E-state index in [2.05, 4.69) is 6.42 Å². The maximum Gasteiger partial charge on any atom is 0.119 e. The third-order valence-corrected chi connectivity index (χ3v) is 0.815. The van der Waals surface area contributed by atoms with Crippen LogP contribution in [0.25, 0.3) is 0 Å². The van der Waals surface area contributed by atoms with E-state index in [4.69, 9.17) is 0 Å². The van der Waals surface area contributed by atoms with Crippen LogP contribution in [0.2, 0.25) is 0 Å². The highest BCUT2D eigenvalue weighted by Gasteiger charge is 1.80. The lowest BCUT2D eigenvalue weighted by Gasteiger charge is -1.85. The van der Waals surface area contributed by atoms with Crippen LogP contribution in [0.5, 0.6) is 0 Å². The minimum atomic E-state index is 0.713. The van der Waals surface area contributed by atoms with Crippen molar-refractivity contribution in [1.82, 2.24) is 0 Å². The molecule has 0 saturated carbocycles. The lowest BCUT2D eigenvalue weighted by Crippen LogP contribution is -1.74. The van der Waals surface area contributed by atoms with E-state index in [1.807, 2.05) is 6.92 Å². The van der Waals surface area contributed by atoms with E-state index in [0.717, 1.165) is 19.1 Å². The standard InChI is InChI=1S/C6H11O/c1-2-3-4-5-6-7/h2,6H,3-5H2,1H3. The van der Waals surface area contributed by atoms with Gasteiger partial charge in [0.15, 0.2) is 0 Å². The number of aldehydes is 1. The third kappa shape index (κ3) is 5.67. The van der Waals surface area contributed by atoms with E-state index in [1.165, 1.54) is 0 Å². The molecule has 0 aromatic carbocycles. The van der Waals surface area contributed by atoms with E-state index in [1.54, 1.807) is 0 Å². The summed E-state index contributed by atoms with van der Waals surface area (Å²) in [5, 5.41) is 0. The normalized spacial score (nSPS) is 8.71. The quantitative estimate of drug-likeness (QED) is 0.386. The van der Waals surface area contributed by atoms with Crippen molar-refractivity contribution >= 4 is 6.29 Å². The Hall–Kier alpha value is -0.330. The van der Waals surface area contributed by atoms with Gasteiger partial charge >= 0.3 is 0 Å². The molecule has 1 radical (unpaired) electrons. The molecule has 0 aromatic rings. The smallest absolute Gasteiger partial charge is 0.119 e. The van der Waals surface area contributed by atoms with Gasteiger partial charge in [0.25, 0.3) is 0 Å². The molecule has 0 aliphatic heterocycles. The van der Waals surface area contributed by atoms with E-state index < -0.39 is 0 Å². The Bertz CT molecular complexity index is 41.4. The zero-order valence-corrected chi connectivity index (χ0v) is 4.68. The van der Waals surface area contributed by atoms with Crippen LogP contribution in [0.15, 0.2) is 0 Å². The molecule has 0 rings (SSSR count). The first-order valence-electron chi connectivity index (χ1n) is 2.63. The molecule has 41 valence electrons. The number of unbranched alkanes of at least 4 members (excludes halogenated alkanes) is 3. The van der Waals surface area contributed by atoms with Crippen molar-refractivity contribution < 1.29 is 4.79 Å². The van der Waals surface area contributed by atoms with Crippen LogP contribution in [0.4, 0.5) is 0 Å². The Kier molecular flexibility index (Phi) is 5.40. The minimum absolute atomic E-state index is 0.713. The minimum Gasteiger partial charge on any atom is -0.303 e. The number of carbonyl (C=O) groups excluding carboxylic acids is 1. The number of hydrogen-bond acceptors (Lipinski definition) is 1. The van der Waals surface area contributed by atoms with Crippen LogP contribution < -0.4 is 0 Å². The van der Waals surface area contributed by atoms with Crippen LogP contribution in [-0.2, 0) is 4.79 Å². The Labute approximate surface area is 44.7 Å². The zero-order chi connectivity index (χ0) is 5.54. The van der Waals surface area contributed by atoms with Crippen LogP contribution >= 0.6 is 0 Å². The first-order chi connectivity index (χ1) is 3.41. The summed E-state index contributed by atoms with van der Waals surface area (Å²) in [6.45, 7) is 2.00. The van der Waals surface area contributed by atoms with Crippen molar-refractivity contribution in [3.05, 3.63) is 6.42 Å². The first-order valence-corrected chi connectivity index (χ1v) is 2.63. The molecule has 0 amide bonds. The highest BCUT2D eigenvalue weighted by molar-refractivity contribution is 5.48. The molecule has 0 spiro atoms. The average Bonchev–Trinajstić information content (AvgIpc) is 1.69. The molecule has 0 aliphatic rings. The fourth-order valence-corrected chi connectivity index (χ4v) is 0.405. The Morgan fingerprint density at radius 2 is 2.14 bits per heavy atom. The molecule has 7 heavy (non-hydrogen) atoms. The van der Waals surface area contributed by atoms with Gasteiger partial charge in [-0.05, 0) is 12.8 Å². The fraction of sp³-hybridized carbons (Fsp3) is 0.667. The summed E-state index contributed by atoms with van der Waals surface area (Å²) in [5.74, 6) is 0. The van der Waals surface area contributed by atoms with Gasteiger partial charge in [-0.3, -0.25) is 0 Å². The van der Waals surface area contributed by atoms with Gasteiger partial charge in [0.1, 0.15) is 6.29 Å². The molecule has 0 saturated heterocycles. The summed E-state index contributed by atoms with van der Waals surface area (Å²) >= 11 is 0. The number of carbonyl (C=O) groups is 1. The molecule has 0 N–H and O–H groups in total. The molecule has 0 aromatic heterocycles. The largest absolute Gasteiger partial charge is 0.303 e. The molecule has 0 bridgehead atoms. The van der Waals surface area contributed by atoms with E-state index in [-0.39, 0.29) is 0 Å². The van der Waals surface area contributed by atoms with Gasteiger partial charge in [0.05, 0.1) is 0 Å². The predicted molar refractivity (Wildman–Crippen MR) is 29.9 cm³/mol. The molecule has 0 atom stereocenters. The van der Waals surface area contributed by atoms with Crippen LogP contribution in [-0.4, -0.2) is 6.29 Å². The summed E-state index contributed by atoms with van der Waals surface area (Å²) in [6, 6.07) is 0. The van der Waals surface area contributed by atoms with Gasteiger partial charge in [0, 0.05) is 6.42 Å². The van der Waals surface area contributed by atoms with Gasteiger partial charge in [-0.15, -0.1) is 0 Å². The highest BCUT2D eigenvalue weighted by atomic mass is 16.1. The third-order valence-electron chi connectivity index (χ3n) is 0.815. The molecule has 0 fully saturated rings. The van der Waals surface area contributed by atoms with Gasteiger partial charge < -0.3 is 4.79 Å². The summed E-state index contributed by atoms with van der Waals surface area (Å²) in [7, 11) is 0. The SMILES string of the molecule is C[CH]CCCC=O. The van der Waals surface area contributed by atoms with Crippen molar-refractivity contribution in [2.24, 2.45) is 0 Å². The summed E-state index contributed by atoms with van der Waals surface area (Å²) < 4.78 is 0. The molecular formula is C6H11O. The number of hydrogen-bond donors (Lipinski definition) is 0. The van der Waals surface area contributed by atoms with Crippen LogP contribution in [0.3, 0.4) is 0 Å². The lowest BCUT2D eigenvalue weighted by atomic mass is 10.2. The van der Waals surface area contributed by atoms with Crippen molar-refractivity contribution in [3.8, 4) is 0 Å². The second kappa shape index (κ2) is 5.67. The van der Waals surface area contributed by atoms with Crippen molar-refractivity contribution in [1.29, 1.82) is 0 Å². The maximum atomic E-state index is 9.67. The molecular weight excluding hydrogens is 88.1 g/mol. The Morgan fingerprint density at radius 1 is 1.43 bits per heavy atom. The molecule has 1 heteroatoms. The predicted octanol–water partition coefficient (Wildman–Crippen LogP) is 1.58. The van der Waals surface area contributed by atoms with Crippen molar-refractivity contribution in [2.75, 3.05) is 0 Å². The molecule has 0 heterocycles. The summed E-state index contributed by atoms with van der Waals surface area (Å²) in [6.07, 6.45) is 5.83. The first kappa shape index (κ1) is 6.67. The molecule has 0 unspecified atom stereocenters. The van der Waals surface area contributed by atoms with Crippen molar-refractivity contribution in [2.45, 2.75) is 26.2 Å². The second-order valence-corrected chi connectivity index (χ2v) is 1.51. The van der Waals surface area contributed by atoms with Gasteiger partial charge in [-0.25, -0.2) is 0 Å². The van der Waals surface area contributed by atoms with E-state index >= 15 is 0 Å². The van der Waals surface area contributed by atoms with Gasteiger partial charge in [0.2, 0.25) is 0 Å². The summed E-state index contributed by atoms with van der Waals surface area (Å²) in [4.78, 5) is 9.67.